The van der Waals surface area contributed by atoms with Crippen molar-refractivity contribution in [3.05, 3.63) is 29.1 Å². The van der Waals surface area contributed by atoms with Crippen LogP contribution >= 0.6 is 11.3 Å². The SMILES string of the molecule is CCC(CC)NC(=O)c1cc2cc(N)ccc2s1. The molecule has 1 amide bonds. The fourth-order valence-corrected chi connectivity index (χ4v) is 2.87. The number of nitrogens with two attached hydrogens (primary N) is 1. The molecule has 3 nitrogen and oxygen atoms in total. The molecular formula is C14H18N2OS. The second-order valence-electron chi connectivity index (χ2n) is 4.39. The second kappa shape index (κ2) is 5.40. The fourth-order valence-electron chi connectivity index (χ4n) is 1.92. The van der Waals surface area contributed by atoms with Gasteiger partial charge in [-0.2, -0.15) is 0 Å². The third kappa shape index (κ3) is 2.64. The minimum absolute atomic E-state index is 0.0171. The van der Waals surface area contributed by atoms with Gasteiger partial charge in [-0.05, 0) is 42.5 Å². The van der Waals surface area contributed by atoms with Crippen LogP contribution in [0.2, 0.25) is 0 Å². The number of hydrogen-bond acceptors (Lipinski definition) is 3. The maximum Gasteiger partial charge on any atom is 0.261 e. The normalized spacial score (nSPS) is 11.1. The summed E-state index contributed by atoms with van der Waals surface area (Å²) in [6, 6.07) is 7.89. The number of benzene rings is 1. The Kier molecular flexibility index (Phi) is 3.87. The fraction of sp³-hybridized carbons (Fsp3) is 0.357. The van der Waals surface area contributed by atoms with E-state index >= 15 is 0 Å². The number of carbonyl (C=O) groups is 1. The highest BCUT2D eigenvalue weighted by atomic mass is 32.1. The number of carbonyl (C=O) groups excluding carboxylic acids is 1. The molecule has 4 heteroatoms. The van der Waals surface area contributed by atoms with Gasteiger partial charge in [-0.3, -0.25) is 4.79 Å². The molecule has 0 unspecified atom stereocenters. The molecule has 0 radical (unpaired) electrons. The van der Waals surface area contributed by atoms with Gasteiger partial charge < -0.3 is 11.1 Å². The van der Waals surface area contributed by atoms with Crippen LogP contribution in [0.4, 0.5) is 5.69 Å². The van der Waals surface area contributed by atoms with Crippen LogP contribution in [0, 0.1) is 0 Å². The Morgan fingerprint density at radius 1 is 1.33 bits per heavy atom. The molecular weight excluding hydrogens is 244 g/mol. The molecule has 0 aliphatic carbocycles. The largest absolute Gasteiger partial charge is 0.399 e. The standard InChI is InChI=1S/C14H18N2OS/c1-3-11(4-2)16-14(17)13-8-9-7-10(15)5-6-12(9)18-13/h5-8,11H,3-4,15H2,1-2H3,(H,16,17). The van der Waals surface area contributed by atoms with E-state index in [9.17, 15) is 4.79 Å². The molecule has 0 aliphatic rings. The van der Waals surface area contributed by atoms with E-state index in [0.717, 1.165) is 33.5 Å². The zero-order valence-electron chi connectivity index (χ0n) is 10.7. The summed E-state index contributed by atoms with van der Waals surface area (Å²) in [7, 11) is 0. The number of hydrogen-bond donors (Lipinski definition) is 2. The van der Waals surface area contributed by atoms with Gasteiger partial charge in [-0.15, -0.1) is 11.3 Å². The van der Waals surface area contributed by atoms with Crippen LogP contribution in [-0.2, 0) is 0 Å². The van der Waals surface area contributed by atoms with E-state index in [1.54, 1.807) is 0 Å². The van der Waals surface area contributed by atoms with Crippen molar-refractivity contribution in [3.8, 4) is 0 Å². The predicted molar refractivity (Wildman–Crippen MR) is 78.1 cm³/mol. The van der Waals surface area contributed by atoms with Crippen LogP contribution in [0.25, 0.3) is 10.1 Å². The van der Waals surface area contributed by atoms with E-state index in [0.29, 0.717) is 0 Å². The molecule has 0 atom stereocenters. The zero-order chi connectivity index (χ0) is 13.1. The van der Waals surface area contributed by atoms with Crippen molar-refractivity contribution >= 4 is 33.0 Å². The molecule has 0 fully saturated rings. The lowest BCUT2D eigenvalue weighted by Gasteiger charge is -2.13. The van der Waals surface area contributed by atoms with Crippen LogP contribution in [0.5, 0.6) is 0 Å². The lowest BCUT2D eigenvalue weighted by Crippen LogP contribution is -2.33. The number of thiophene rings is 1. The Balaban J connectivity index is 2.23. The van der Waals surface area contributed by atoms with Gasteiger partial charge in [-0.1, -0.05) is 13.8 Å². The van der Waals surface area contributed by atoms with E-state index < -0.39 is 0 Å². The zero-order valence-corrected chi connectivity index (χ0v) is 11.5. The van der Waals surface area contributed by atoms with Crippen molar-refractivity contribution in [1.29, 1.82) is 0 Å². The van der Waals surface area contributed by atoms with E-state index in [1.807, 2.05) is 24.3 Å². The Hall–Kier alpha value is -1.55. The van der Waals surface area contributed by atoms with E-state index in [-0.39, 0.29) is 11.9 Å². The summed E-state index contributed by atoms with van der Waals surface area (Å²) in [5.41, 5.74) is 6.47. The number of nitrogens with one attached hydrogen (secondary N) is 1. The average molecular weight is 262 g/mol. The van der Waals surface area contributed by atoms with Gasteiger partial charge in [0.25, 0.3) is 5.91 Å². The summed E-state index contributed by atoms with van der Waals surface area (Å²) in [6.07, 6.45) is 1.92. The number of fused-ring (bicyclic) bond motifs is 1. The van der Waals surface area contributed by atoms with Gasteiger partial charge in [0.1, 0.15) is 0 Å². The molecule has 0 saturated heterocycles. The summed E-state index contributed by atoms with van der Waals surface area (Å²) < 4.78 is 1.10. The molecule has 3 N–H and O–H groups in total. The Morgan fingerprint density at radius 3 is 2.72 bits per heavy atom. The number of rotatable bonds is 4. The Morgan fingerprint density at radius 2 is 2.06 bits per heavy atom. The first-order valence-electron chi connectivity index (χ1n) is 6.24. The van der Waals surface area contributed by atoms with Gasteiger partial charge in [0, 0.05) is 16.4 Å². The molecule has 96 valence electrons. The van der Waals surface area contributed by atoms with Gasteiger partial charge in [-0.25, -0.2) is 0 Å². The molecule has 1 aromatic heterocycles. The van der Waals surface area contributed by atoms with Gasteiger partial charge in [0.2, 0.25) is 0 Å². The number of amides is 1. The quantitative estimate of drug-likeness (QED) is 0.830. The first-order chi connectivity index (χ1) is 8.63. The summed E-state index contributed by atoms with van der Waals surface area (Å²) in [4.78, 5) is 12.8. The molecule has 1 heterocycles. The van der Waals surface area contributed by atoms with Crippen molar-refractivity contribution in [2.45, 2.75) is 32.7 Å². The Bertz CT molecular complexity index is 558. The molecule has 2 aromatic rings. The van der Waals surface area contributed by atoms with Crippen LogP contribution in [-0.4, -0.2) is 11.9 Å². The first-order valence-corrected chi connectivity index (χ1v) is 7.05. The highest BCUT2D eigenvalue weighted by Crippen LogP contribution is 2.27. The van der Waals surface area contributed by atoms with E-state index in [4.69, 9.17) is 5.73 Å². The third-order valence-corrected chi connectivity index (χ3v) is 4.20. The predicted octanol–water partition coefficient (Wildman–Crippen LogP) is 3.40. The minimum Gasteiger partial charge on any atom is -0.399 e. The van der Waals surface area contributed by atoms with Gasteiger partial charge in [0.05, 0.1) is 4.88 Å². The average Bonchev–Trinajstić information content (AvgIpc) is 2.78. The molecule has 1 aromatic carbocycles. The maximum absolute atomic E-state index is 12.1. The molecule has 18 heavy (non-hydrogen) atoms. The van der Waals surface area contributed by atoms with Crippen LogP contribution in [0.15, 0.2) is 24.3 Å². The summed E-state index contributed by atoms with van der Waals surface area (Å²) in [5, 5.41) is 4.09. The first kappa shape index (κ1) is 12.9. The van der Waals surface area contributed by atoms with E-state index in [1.165, 1.54) is 11.3 Å². The maximum atomic E-state index is 12.1. The van der Waals surface area contributed by atoms with Crippen molar-refractivity contribution in [1.82, 2.24) is 5.32 Å². The second-order valence-corrected chi connectivity index (χ2v) is 5.48. The van der Waals surface area contributed by atoms with Crippen LogP contribution in [0.1, 0.15) is 36.4 Å². The molecule has 0 saturated carbocycles. The summed E-state index contributed by atoms with van der Waals surface area (Å²) in [6.45, 7) is 4.17. The monoisotopic (exact) mass is 262 g/mol. The Labute approximate surface area is 111 Å². The lowest BCUT2D eigenvalue weighted by atomic mass is 10.1. The van der Waals surface area contributed by atoms with Gasteiger partial charge in [0.15, 0.2) is 0 Å². The van der Waals surface area contributed by atoms with Gasteiger partial charge >= 0.3 is 0 Å². The van der Waals surface area contributed by atoms with Crippen molar-refractivity contribution in [2.24, 2.45) is 0 Å². The smallest absolute Gasteiger partial charge is 0.261 e. The van der Waals surface area contributed by atoms with Crippen molar-refractivity contribution in [3.63, 3.8) is 0 Å². The number of nitrogen functional groups attached to an aromatic ring is 1. The topological polar surface area (TPSA) is 55.1 Å². The minimum atomic E-state index is 0.0171. The molecule has 2 rings (SSSR count). The summed E-state index contributed by atoms with van der Waals surface area (Å²) >= 11 is 1.51. The molecule has 0 bridgehead atoms. The number of anilines is 1. The summed E-state index contributed by atoms with van der Waals surface area (Å²) in [5.74, 6) is 0.0171. The third-order valence-electron chi connectivity index (χ3n) is 3.08. The van der Waals surface area contributed by atoms with Crippen LogP contribution in [0.3, 0.4) is 0 Å². The molecule has 0 spiro atoms. The highest BCUT2D eigenvalue weighted by molar-refractivity contribution is 7.20. The highest BCUT2D eigenvalue weighted by Gasteiger charge is 2.13. The van der Waals surface area contributed by atoms with Crippen LogP contribution < -0.4 is 11.1 Å². The van der Waals surface area contributed by atoms with Crippen molar-refractivity contribution in [2.75, 3.05) is 5.73 Å². The van der Waals surface area contributed by atoms with E-state index in [2.05, 4.69) is 19.2 Å². The molecule has 0 aliphatic heterocycles. The lowest BCUT2D eigenvalue weighted by molar-refractivity contribution is 0.0939. The van der Waals surface area contributed by atoms with Crippen molar-refractivity contribution < 1.29 is 4.79 Å².